The molecule has 96 valence electrons. The Kier molecular flexibility index (Phi) is 3.33. The monoisotopic (exact) mass is 244 g/mol. The number of carbonyl (C=O) groups excluding carboxylic acids is 1. The molecule has 0 atom stereocenters. The van der Waals surface area contributed by atoms with E-state index < -0.39 is 0 Å². The average Bonchev–Trinajstić information content (AvgIpc) is 2.93. The van der Waals surface area contributed by atoms with Crippen LogP contribution in [0.1, 0.15) is 29.5 Å². The molecule has 3 nitrogen and oxygen atoms in total. The van der Waals surface area contributed by atoms with E-state index in [1.54, 1.807) is 0 Å². The Hall–Kier alpha value is -1.35. The van der Waals surface area contributed by atoms with E-state index in [9.17, 15) is 4.79 Å². The molecule has 0 radical (unpaired) electrons. The van der Waals surface area contributed by atoms with Gasteiger partial charge in [-0.25, -0.2) is 0 Å². The first-order chi connectivity index (χ1) is 8.84. The maximum atomic E-state index is 12.2. The van der Waals surface area contributed by atoms with Gasteiger partial charge in [0.05, 0.1) is 6.42 Å². The van der Waals surface area contributed by atoms with Gasteiger partial charge >= 0.3 is 0 Å². The van der Waals surface area contributed by atoms with Crippen LogP contribution in [0.15, 0.2) is 18.2 Å². The highest BCUT2D eigenvalue weighted by Crippen LogP contribution is 2.20. The van der Waals surface area contributed by atoms with E-state index in [4.69, 9.17) is 0 Å². The van der Waals surface area contributed by atoms with Crippen LogP contribution < -0.4 is 5.32 Å². The number of likely N-dealkylation sites (tertiary alicyclic amines) is 1. The number of nitrogens with one attached hydrogen (secondary N) is 1. The Morgan fingerprint density at radius 2 is 2.11 bits per heavy atom. The molecule has 18 heavy (non-hydrogen) atoms. The van der Waals surface area contributed by atoms with Crippen molar-refractivity contribution in [3.8, 4) is 0 Å². The maximum absolute atomic E-state index is 12.2. The highest BCUT2D eigenvalue weighted by molar-refractivity contribution is 5.79. The molecule has 1 saturated heterocycles. The fourth-order valence-electron chi connectivity index (χ4n) is 2.99. The Labute approximate surface area is 108 Å². The van der Waals surface area contributed by atoms with E-state index in [0.29, 0.717) is 12.3 Å². The third-order valence-corrected chi connectivity index (χ3v) is 4.04. The van der Waals surface area contributed by atoms with E-state index >= 15 is 0 Å². The molecule has 3 rings (SSSR count). The van der Waals surface area contributed by atoms with Crippen molar-refractivity contribution in [3.05, 3.63) is 34.9 Å². The number of nitrogens with zero attached hydrogens (tertiary/aromatic N) is 1. The standard InChI is InChI=1S/C15H20N2O/c18-15(17-8-1-2-9-17)10-13-5-3-4-12-6-7-16-11-14(12)13/h3-5,16H,1-2,6-11H2. The van der Waals surface area contributed by atoms with Crippen LogP contribution in [-0.4, -0.2) is 30.4 Å². The summed E-state index contributed by atoms with van der Waals surface area (Å²) >= 11 is 0. The number of hydrogen-bond acceptors (Lipinski definition) is 2. The molecule has 2 aliphatic rings. The number of fused-ring (bicyclic) bond motifs is 1. The van der Waals surface area contributed by atoms with E-state index in [1.807, 2.05) is 4.90 Å². The van der Waals surface area contributed by atoms with E-state index in [-0.39, 0.29) is 0 Å². The molecule has 0 saturated carbocycles. The summed E-state index contributed by atoms with van der Waals surface area (Å²) in [5.74, 6) is 0.298. The van der Waals surface area contributed by atoms with Crippen LogP contribution in [0.4, 0.5) is 0 Å². The van der Waals surface area contributed by atoms with Gasteiger partial charge in [-0.15, -0.1) is 0 Å². The maximum Gasteiger partial charge on any atom is 0.227 e. The molecule has 3 heteroatoms. The molecule has 0 aliphatic carbocycles. The van der Waals surface area contributed by atoms with E-state index in [2.05, 4.69) is 23.5 Å². The third kappa shape index (κ3) is 2.27. The SMILES string of the molecule is O=C(Cc1cccc2c1CNCC2)N1CCCC1. The molecule has 0 bridgehead atoms. The van der Waals surface area contributed by atoms with Crippen molar-refractivity contribution >= 4 is 5.91 Å². The smallest absolute Gasteiger partial charge is 0.227 e. The summed E-state index contributed by atoms with van der Waals surface area (Å²) in [6.45, 7) is 3.87. The van der Waals surface area contributed by atoms with Gasteiger partial charge in [-0.05, 0) is 42.5 Å². The van der Waals surface area contributed by atoms with Crippen molar-refractivity contribution in [2.24, 2.45) is 0 Å². The van der Waals surface area contributed by atoms with Crippen molar-refractivity contribution in [1.82, 2.24) is 10.2 Å². The molecule has 0 spiro atoms. The second-order valence-corrected chi connectivity index (χ2v) is 5.25. The normalized spacial score (nSPS) is 18.8. The summed E-state index contributed by atoms with van der Waals surface area (Å²) in [5, 5.41) is 3.40. The molecule has 1 fully saturated rings. The summed E-state index contributed by atoms with van der Waals surface area (Å²) < 4.78 is 0. The molecule has 1 N–H and O–H groups in total. The van der Waals surface area contributed by atoms with Crippen molar-refractivity contribution in [2.75, 3.05) is 19.6 Å². The molecular formula is C15H20N2O. The topological polar surface area (TPSA) is 32.3 Å². The zero-order valence-electron chi connectivity index (χ0n) is 10.7. The first-order valence-electron chi connectivity index (χ1n) is 6.93. The fourth-order valence-corrected chi connectivity index (χ4v) is 2.99. The lowest BCUT2D eigenvalue weighted by Crippen LogP contribution is -2.30. The Balaban J connectivity index is 1.77. The van der Waals surface area contributed by atoms with Gasteiger partial charge in [0.15, 0.2) is 0 Å². The Morgan fingerprint density at radius 1 is 1.28 bits per heavy atom. The van der Waals surface area contributed by atoms with Crippen LogP contribution in [0, 0.1) is 0 Å². The van der Waals surface area contributed by atoms with Crippen LogP contribution in [-0.2, 0) is 24.2 Å². The second-order valence-electron chi connectivity index (χ2n) is 5.25. The van der Waals surface area contributed by atoms with Crippen molar-refractivity contribution in [2.45, 2.75) is 32.2 Å². The van der Waals surface area contributed by atoms with Crippen molar-refractivity contribution in [1.29, 1.82) is 0 Å². The lowest BCUT2D eigenvalue weighted by atomic mass is 9.94. The summed E-state index contributed by atoms with van der Waals surface area (Å²) in [6, 6.07) is 6.40. The minimum atomic E-state index is 0.298. The first kappa shape index (κ1) is 11.7. The van der Waals surface area contributed by atoms with Gasteiger partial charge in [0.1, 0.15) is 0 Å². The minimum Gasteiger partial charge on any atom is -0.342 e. The molecular weight excluding hydrogens is 224 g/mol. The van der Waals surface area contributed by atoms with Crippen LogP contribution in [0.3, 0.4) is 0 Å². The largest absolute Gasteiger partial charge is 0.342 e. The summed E-state index contributed by atoms with van der Waals surface area (Å²) in [6.07, 6.45) is 3.99. The molecule has 0 aromatic heterocycles. The average molecular weight is 244 g/mol. The molecule has 1 amide bonds. The molecule has 0 unspecified atom stereocenters. The first-order valence-corrected chi connectivity index (χ1v) is 6.93. The van der Waals surface area contributed by atoms with E-state index in [0.717, 1.165) is 32.6 Å². The van der Waals surface area contributed by atoms with Crippen LogP contribution in [0.25, 0.3) is 0 Å². The molecule has 2 aliphatic heterocycles. The van der Waals surface area contributed by atoms with Gasteiger partial charge in [0.2, 0.25) is 5.91 Å². The van der Waals surface area contributed by atoms with Gasteiger partial charge < -0.3 is 10.2 Å². The van der Waals surface area contributed by atoms with Crippen molar-refractivity contribution in [3.63, 3.8) is 0 Å². The van der Waals surface area contributed by atoms with Gasteiger partial charge in [-0.1, -0.05) is 18.2 Å². The zero-order chi connectivity index (χ0) is 12.4. The number of amides is 1. The molecule has 2 heterocycles. The highest BCUT2D eigenvalue weighted by atomic mass is 16.2. The number of benzene rings is 1. The summed E-state index contributed by atoms with van der Waals surface area (Å²) in [5.41, 5.74) is 3.99. The van der Waals surface area contributed by atoms with Gasteiger partial charge in [-0.3, -0.25) is 4.79 Å². The van der Waals surface area contributed by atoms with Crippen molar-refractivity contribution < 1.29 is 4.79 Å². The van der Waals surface area contributed by atoms with E-state index in [1.165, 1.54) is 29.5 Å². The summed E-state index contributed by atoms with van der Waals surface area (Å²) in [7, 11) is 0. The van der Waals surface area contributed by atoms with Gasteiger partial charge in [0.25, 0.3) is 0 Å². The fraction of sp³-hybridized carbons (Fsp3) is 0.533. The van der Waals surface area contributed by atoms with Gasteiger partial charge in [-0.2, -0.15) is 0 Å². The lowest BCUT2D eigenvalue weighted by molar-refractivity contribution is -0.129. The third-order valence-electron chi connectivity index (χ3n) is 4.04. The predicted octanol–water partition coefficient (Wildman–Crippen LogP) is 1.50. The number of hydrogen-bond donors (Lipinski definition) is 1. The molecule has 1 aromatic carbocycles. The van der Waals surface area contributed by atoms with Crippen LogP contribution in [0.5, 0.6) is 0 Å². The Morgan fingerprint density at radius 3 is 2.94 bits per heavy atom. The Bertz CT molecular complexity index is 450. The molecule has 1 aromatic rings. The highest BCUT2D eigenvalue weighted by Gasteiger charge is 2.20. The minimum absolute atomic E-state index is 0.298. The van der Waals surface area contributed by atoms with Crippen LogP contribution in [0.2, 0.25) is 0 Å². The summed E-state index contributed by atoms with van der Waals surface area (Å²) in [4.78, 5) is 14.2. The van der Waals surface area contributed by atoms with Gasteiger partial charge in [0, 0.05) is 19.6 Å². The lowest BCUT2D eigenvalue weighted by Gasteiger charge is -2.22. The van der Waals surface area contributed by atoms with Crippen LogP contribution >= 0.6 is 0 Å². The number of carbonyl (C=O) groups is 1. The second kappa shape index (κ2) is 5.11. The zero-order valence-corrected chi connectivity index (χ0v) is 10.7. The quantitative estimate of drug-likeness (QED) is 0.855. The predicted molar refractivity (Wildman–Crippen MR) is 71.4 cm³/mol. The number of rotatable bonds is 2.